The first-order chi connectivity index (χ1) is 9.11. The van der Waals surface area contributed by atoms with Gasteiger partial charge in [0.1, 0.15) is 0 Å². The number of rotatable bonds is 2. The molecule has 1 aliphatic heterocycles. The fourth-order valence-corrected chi connectivity index (χ4v) is 2.42. The van der Waals surface area contributed by atoms with E-state index in [2.05, 4.69) is 4.74 Å². The molecule has 20 heavy (non-hydrogen) atoms. The highest BCUT2D eigenvalue weighted by Crippen LogP contribution is 2.41. The van der Waals surface area contributed by atoms with Crippen LogP contribution < -0.4 is 0 Å². The van der Waals surface area contributed by atoms with Crippen LogP contribution in [0.2, 0.25) is 0 Å². The molecular formula is C14H22BFO4. The summed E-state index contributed by atoms with van der Waals surface area (Å²) in [6.07, 6.45) is 2.26. The molecule has 1 atom stereocenters. The fourth-order valence-electron chi connectivity index (χ4n) is 2.42. The average Bonchev–Trinajstić information content (AvgIpc) is 2.58. The van der Waals surface area contributed by atoms with Crippen LogP contribution in [0.5, 0.6) is 0 Å². The van der Waals surface area contributed by atoms with E-state index in [-0.39, 0.29) is 12.8 Å². The van der Waals surface area contributed by atoms with E-state index in [4.69, 9.17) is 9.31 Å². The standard InChI is InChI=1S/C14H22BFO4/c1-12(2)13(3,4)20-15(19-12)10-6-8-14(16,9-7-10)11(17)18-5/h6H,7-9H2,1-5H3. The molecule has 1 saturated heterocycles. The van der Waals surface area contributed by atoms with Crippen molar-refractivity contribution >= 4 is 13.1 Å². The molecule has 2 rings (SSSR count). The Morgan fingerprint density at radius 2 is 1.85 bits per heavy atom. The normalized spacial score (nSPS) is 31.9. The number of hydrogen-bond donors (Lipinski definition) is 0. The Bertz CT molecular complexity index is 430. The van der Waals surface area contributed by atoms with Crippen LogP contribution in [0.3, 0.4) is 0 Å². The third-order valence-electron chi connectivity index (χ3n) is 4.60. The number of allylic oxidation sites excluding steroid dienone is 2. The van der Waals surface area contributed by atoms with E-state index in [1.165, 1.54) is 7.11 Å². The number of carbonyl (C=O) groups is 1. The van der Waals surface area contributed by atoms with Gasteiger partial charge in [-0.15, -0.1) is 0 Å². The molecule has 0 aromatic rings. The van der Waals surface area contributed by atoms with Gasteiger partial charge < -0.3 is 14.0 Å². The van der Waals surface area contributed by atoms with Gasteiger partial charge in [-0.25, -0.2) is 9.18 Å². The fraction of sp³-hybridized carbons (Fsp3) is 0.786. The Morgan fingerprint density at radius 1 is 1.30 bits per heavy atom. The molecule has 0 spiro atoms. The minimum Gasteiger partial charge on any atom is -0.467 e. The van der Waals surface area contributed by atoms with Gasteiger partial charge in [0.15, 0.2) is 0 Å². The van der Waals surface area contributed by atoms with Crippen LogP contribution in [0.25, 0.3) is 0 Å². The molecule has 4 nitrogen and oxygen atoms in total. The van der Waals surface area contributed by atoms with Gasteiger partial charge in [-0.05, 0) is 46.0 Å². The SMILES string of the molecule is COC(=O)C1(F)CC=C(B2OC(C)(C)C(C)(C)O2)CC1. The summed E-state index contributed by atoms with van der Waals surface area (Å²) in [5.74, 6) is -0.804. The van der Waals surface area contributed by atoms with E-state index in [9.17, 15) is 9.18 Å². The molecule has 2 aliphatic rings. The predicted octanol–water partition coefficient (Wildman–Crippen LogP) is 2.61. The van der Waals surface area contributed by atoms with Crippen LogP contribution >= 0.6 is 0 Å². The number of esters is 1. The Kier molecular flexibility index (Phi) is 3.76. The van der Waals surface area contributed by atoms with Crippen molar-refractivity contribution in [3.8, 4) is 0 Å². The van der Waals surface area contributed by atoms with Crippen LogP contribution in [-0.4, -0.2) is 37.1 Å². The number of ether oxygens (including phenoxy) is 1. The quantitative estimate of drug-likeness (QED) is 0.577. The molecule has 0 N–H and O–H groups in total. The van der Waals surface area contributed by atoms with Gasteiger partial charge in [-0.1, -0.05) is 6.08 Å². The minimum atomic E-state index is -1.91. The molecular weight excluding hydrogens is 262 g/mol. The van der Waals surface area contributed by atoms with Gasteiger partial charge in [0.2, 0.25) is 5.67 Å². The second kappa shape index (κ2) is 4.84. The summed E-state index contributed by atoms with van der Waals surface area (Å²) in [5, 5.41) is 0. The van der Waals surface area contributed by atoms with Crippen LogP contribution in [-0.2, 0) is 18.8 Å². The molecule has 0 aromatic carbocycles. The first-order valence-corrected chi connectivity index (χ1v) is 6.93. The molecule has 0 amide bonds. The van der Waals surface area contributed by atoms with Crippen molar-refractivity contribution in [1.29, 1.82) is 0 Å². The lowest BCUT2D eigenvalue weighted by Crippen LogP contribution is -2.41. The molecule has 0 saturated carbocycles. The summed E-state index contributed by atoms with van der Waals surface area (Å²) in [7, 11) is 0.749. The highest BCUT2D eigenvalue weighted by Gasteiger charge is 2.53. The van der Waals surface area contributed by atoms with E-state index in [1.807, 2.05) is 27.7 Å². The molecule has 1 aliphatic carbocycles. The Balaban J connectivity index is 2.09. The van der Waals surface area contributed by atoms with Crippen LogP contribution in [0.1, 0.15) is 47.0 Å². The smallest absolute Gasteiger partial charge is 0.467 e. The second-order valence-corrected chi connectivity index (χ2v) is 6.53. The van der Waals surface area contributed by atoms with Gasteiger partial charge in [-0.2, -0.15) is 0 Å². The summed E-state index contributed by atoms with van der Waals surface area (Å²) >= 11 is 0. The Labute approximate surface area is 119 Å². The van der Waals surface area contributed by atoms with E-state index in [0.717, 1.165) is 5.47 Å². The molecule has 0 aromatic heterocycles. The lowest BCUT2D eigenvalue weighted by molar-refractivity contribution is -0.155. The number of hydrogen-bond acceptors (Lipinski definition) is 4. The van der Waals surface area contributed by atoms with E-state index in [0.29, 0.717) is 6.42 Å². The van der Waals surface area contributed by atoms with Crippen LogP contribution in [0.15, 0.2) is 11.5 Å². The average molecular weight is 284 g/mol. The topological polar surface area (TPSA) is 44.8 Å². The van der Waals surface area contributed by atoms with Gasteiger partial charge in [0.25, 0.3) is 0 Å². The lowest BCUT2D eigenvalue weighted by Gasteiger charge is -2.32. The number of methoxy groups -OCH3 is 1. The number of alkyl halides is 1. The summed E-state index contributed by atoms with van der Waals surface area (Å²) in [5.41, 5.74) is -1.83. The molecule has 0 radical (unpaired) electrons. The second-order valence-electron chi connectivity index (χ2n) is 6.53. The number of carbonyl (C=O) groups excluding carboxylic acids is 1. The van der Waals surface area contributed by atoms with Crippen molar-refractivity contribution in [3.05, 3.63) is 11.5 Å². The molecule has 1 fully saturated rings. The summed E-state index contributed by atoms with van der Waals surface area (Å²) in [6, 6.07) is 0. The highest BCUT2D eigenvalue weighted by atomic mass is 19.1. The third kappa shape index (κ3) is 2.51. The molecule has 1 heterocycles. The summed E-state index contributed by atoms with van der Waals surface area (Å²) in [6.45, 7) is 7.91. The van der Waals surface area contributed by atoms with E-state index in [1.54, 1.807) is 6.08 Å². The molecule has 1 unspecified atom stereocenters. The van der Waals surface area contributed by atoms with Crippen molar-refractivity contribution in [2.24, 2.45) is 0 Å². The zero-order chi connectivity index (χ0) is 15.2. The maximum absolute atomic E-state index is 14.3. The first-order valence-electron chi connectivity index (χ1n) is 6.93. The molecule has 112 valence electrons. The van der Waals surface area contributed by atoms with E-state index >= 15 is 0 Å². The Hall–Kier alpha value is -0.875. The van der Waals surface area contributed by atoms with Gasteiger partial charge in [-0.3, -0.25) is 0 Å². The molecule has 0 bridgehead atoms. The first kappa shape index (κ1) is 15.5. The van der Waals surface area contributed by atoms with Crippen molar-refractivity contribution in [1.82, 2.24) is 0 Å². The van der Waals surface area contributed by atoms with Crippen molar-refractivity contribution in [3.63, 3.8) is 0 Å². The van der Waals surface area contributed by atoms with E-state index < -0.39 is 30.0 Å². The van der Waals surface area contributed by atoms with Gasteiger partial charge in [0.05, 0.1) is 18.3 Å². The third-order valence-corrected chi connectivity index (χ3v) is 4.60. The van der Waals surface area contributed by atoms with Crippen molar-refractivity contribution in [2.45, 2.75) is 63.8 Å². The summed E-state index contributed by atoms with van der Waals surface area (Å²) < 4.78 is 30.7. The predicted molar refractivity (Wildman–Crippen MR) is 73.9 cm³/mol. The number of halogens is 1. The zero-order valence-corrected chi connectivity index (χ0v) is 12.8. The van der Waals surface area contributed by atoms with Crippen LogP contribution in [0.4, 0.5) is 4.39 Å². The van der Waals surface area contributed by atoms with Crippen molar-refractivity contribution in [2.75, 3.05) is 7.11 Å². The lowest BCUT2D eigenvalue weighted by atomic mass is 9.70. The van der Waals surface area contributed by atoms with Gasteiger partial charge >= 0.3 is 13.1 Å². The van der Waals surface area contributed by atoms with Gasteiger partial charge in [0, 0.05) is 6.42 Å². The maximum atomic E-state index is 14.3. The zero-order valence-electron chi connectivity index (χ0n) is 12.8. The maximum Gasteiger partial charge on any atom is 0.490 e. The highest BCUT2D eigenvalue weighted by molar-refractivity contribution is 6.54. The summed E-state index contributed by atoms with van der Waals surface area (Å²) in [4.78, 5) is 11.4. The van der Waals surface area contributed by atoms with Crippen molar-refractivity contribution < 1.29 is 23.2 Å². The monoisotopic (exact) mass is 284 g/mol. The minimum absolute atomic E-state index is 0.0130. The molecule has 6 heteroatoms. The van der Waals surface area contributed by atoms with Crippen LogP contribution in [0, 0.1) is 0 Å². The largest absolute Gasteiger partial charge is 0.490 e. The Morgan fingerprint density at radius 3 is 2.25 bits per heavy atom.